The number of hydrogen-bond donors (Lipinski definition) is 2. The maximum atomic E-state index is 6.12. The van der Waals surface area contributed by atoms with Gasteiger partial charge in [-0.3, -0.25) is 0 Å². The van der Waals surface area contributed by atoms with Crippen molar-refractivity contribution in [2.75, 3.05) is 0 Å². The van der Waals surface area contributed by atoms with Gasteiger partial charge in [0.25, 0.3) is 0 Å². The lowest BCUT2D eigenvalue weighted by Gasteiger charge is -2.08. The summed E-state index contributed by atoms with van der Waals surface area (Å²) < 4.78 is 0. The number of hydrogen-bond acceptors (Lipinski definition) is 2. The van der Waals surface area contributed by atoms with Crippen LogP contribution in [0.15, 0.2) is 69.4 Å². The van der Waals surface area contributed by atoms with E-state index in [0.717, 1.165) is 5.57 Å². The summed E-state index contributed by atoms with van der Waals surface area (Å²) in [6, 6.07) is 7.07. The Morgan fingerprint density at radius 3 is 2.41 bits per heavy atom. The van der Waals surface area contributed by atoms with Gasteiger partial charge in [-0.1, -0.05) is 48.0 Å². The summed E-state index contributed by atoms with van der Waals surface area (Å²) in [4.78, 5) is 0. The molecule has 6 heteroatoms. The molecule has 0 saturated carbocycles. The largest absolute Gasteiger partial charge is 0.382 e. The van der Waals surface area contributed by atoms with Crippen LogP contribution in [0.3, 0.4) is 0 Å². The lowest BCUT2D eigenvalue weighted by Crippen LogP contribution is -2.18. The molecule has 0 aromatic heterocycles. The summed E-state index contributed by atoms with van der Waals surface area (Å²) in [6.45, 7) is 7.37. The van der Waals surface area contributed by atoms with Crippen molar-refractivity contribution in [1.82, 2.24) is 0 Å². The van der Waals surface area contributed by atoms with Crippen LogP contribution >= 0.6 is 23.2 Å². The van der Waals surface area contributed by atoms with Gasteiger partial charge in [0, 0.05) is 11.1 Å². The lowest BCUT2D eigenvalue weighted by molar-refractivity contribution is 1.19. The van der Waals surface area contributed by atoms with E-state index in [1.807, 2.05) is 19.9 Å². The second-order valence-electron chi connectivity index (χ2n) is 4.35. The molecule has 0 heterocycles. The fraction of sp³-hybridized carbons (Fsp3) is 0.125. The van der Waals surface area contributed by atoms with Gasteiger partial charge in [-0.2, -0.15) is 0 Å². The van der Waals surface area contributed by atoms with Crippen molar-refractivity contribution in [3.05, 3.63) is 69.8 Å². The Hall–Kier alpha value is -2.04. The predicted molar refractivity (Wildman–Crippen MR) is 96.3 cm³/mol. The third-order valence-electron chi connectivity index (χ3n) is 2.92. The van der Waals surface area contributed by atoms with Crippen molar-refractivity contribution >= 4 is 34.9 Å². The van der Waals surface area contributed by atoms with Gasteiger partial charge in [-0.15, -0.1) is 10.2 Å². The molecule has 0 amide bonds. The molecule has 1 aromatic carbocycles. The number of nitrogens with zero attached hydrogens (tertiary/aromatic N) is 2. The highest BCUT2D eigenvalue weighted by Crippen LogP contribution is 2.19. The zero-order valence-corrected chi connectivity index (χ0v) is 14.0. The van der Waals surface area contributed by atoms with Gasteiger partial charge in [-0.05, 0) is 37.6 Å². The first-order valence-electron chi connectivity index (χ1n) is 6.49. The molecule has 0 fully saturated rings. The third-order valence-corrected chi connectivity index (χ3v) is 3.59. The Kier molecular flexibility index (Phi) is 6.89. The quantitative estimate of drug-likeness (QED) is 0.369. The molecule has 0 spiro atoms. The van der Waals surface area contributed by atoms with Gasteiger partial charge < -0.3 is 11.5 Å². The average Bonchev–Trinajstić information content (AvgIpc) is 2.52. The topological polar surface area (TPSA) is 76.8 Å². The van der Waals surface area contributed by atoms with Crippen LogP contribution in [0.2, 0.25) is 5.02 Å². The maximum absolute atomic E-state index is 6.12. The van der Waals surface area contributed by atoms with E-state index in [2.05, 4.69) is 16.8 Å². The lowest BCUT2D eigenvalue weighted by atomic mass is 10.1. The van der Waals surface area contributed by atoms with Crippen LogP contribution in [-0.2, 0) is 0 Å². The second-order valence-corrected chi connectivity index (χ2v) is 5.16. The average molecular weight is 337 g/mol. The van der Waals surface area contributed by atoms with Crippen LogP contribution in [0.4, 0.5) is 0 Å². The van der Waals surface area contributed by atoms with Crippen LogP contribution in [-0.4, -0.2) is 11.7 Å². The Labute approximate surface area is 140 Å². The molecule has 0 aliphatic rings. The van der Waals surface area contributed by atoms with E-state index in [4.69, 9.17) is 34.7 Å². The molecule has 0 saturated heterocycles. The molecule has 0 radical (unpaired) electrons. The van der Waals surface area contributed by atoms with Gasteiger partial charge in [0.05, 0.1) is 10.1 Å². The monoisotopic (exact) mass is 336 g/mol. The van der Waals surface area contributed by atoms with Gasteiger partial charge in [-0.25, -0.2) is 0 Å². The highest BCUT2D eigenvalue weighted by atomic mass is 35.5. The molecule has 1 aromatic rings. The maximum Gasteiger partial charge on any atom is 0.155 e. The minimum atomic E-state index is 0.149. The predicted octanol–water partition coefficient (Wildman–Crippen LogP) is 3.96. The van der Waals surface area contributed by atoms with E-state index in [1.165, 1.54) is 6.08 Å². The van der Waals surface area contributed by atoms with E-state index in [1.54, 1.807) is 24.3 Å². The smallest absolute Gasteiger partial charge is 0.155 e. The van der Waals surface area contributed by atoms with Gasteiger partial charge >= 0.3 is 0 Å². The Balaban J connectivity index is 3.24. The molecular weight excluding hydrogens is 319 g/mol. The number of nitrogens with two attached hydrogens (primary N) is 2. The molecule has 4 N–H and O–H groups in total. The normalized spacial score (nSPS) is 14.6. The van der Waals surface area contributed by atoms with Crippen LogP contribution < -0.4 is 11.5 Å². The highest BCUT2D eigenvalue weighted by molar-refractivity contribution is 6.34. The van der Waals surface area contributed by atoms with Crippen LogP contribution in [0.1, 0.15) is 19.4 Å². The number of rotatable bonds is 5. The summed E-state index contributed by atoms with van der Waals surface area (Å²) in [5.74, 6) is 0.316. The molecular formula is C16H18Cl2N4. The van der Waals surface area contributed by atoms with Crippen LogP contribution in [0, 0.1) is 0 Å². The van der Waals surface area contributed by atoms with Gasteiger partial charge in [0.1, 0.15) is 0 Å². The number of benzene rings is 1. The summed E-state index contributed by atoms with van der Waals surface area (Å²) in [5, 5.41) is 8.76. The molecule has 22 heavy (non-hydrogen) atoms. The molecule has 4 nitrogen and oxygen atoms in total. The Morgan fingerprint density at radius 1 is 1.23 bits per heavy atom. The first-order valence-corrected chi connectivity index (χ1v) is 7.25. The highest BCUT2D eigenvalue weighted by Gasteiger charge is 2.10. The summed E-state index contributed by atoms with van der Waals surface area (Å²) >= 11 is 12.2. The summed E-state index contributed by atoms with van der Waals surface area (Å²) in [5.41, 5.74) is 13.8. The van der Waals surface area contributed by atoms with E-state index < -0.39 is 0 Å². The molecule has 0 bridgehead atoms. The van der Waals surface area contributed by atoms with Crippen molar-refractivity contribution < 1.29 is 0 Å². The second kappa shape index (κ2) is 8.41. The van der Waals surface area contributed by atoms with Gasteiger partial charge in [0.15, 0.2) is 11.7 Å². The van der Waals surface area contributed by atoms with Crippen molar-refractivity contribution in [1.29, 1.82) is 0 Å². The molecule has 116 valence electrons. The van der Waals surface area contributed by atoms with Crippen molar-refractivity contribution in [3.63, 3.8) is 0 Å². The first-order chi connectivity index (χ1) is 10.4. The third kappa shape index (κ3) is 4.48. The fourth-order valence-corrected chi connectivity index (χ4v) is 2.12. The standard InChI is InChI=1S/C16H18Cl2N4/c1-4-10(3)14(12(17)5-2)16(20)22-21-15(19)11-8-6-7-9-13(11)18/h4-9H,2H2,1,3H3,(H2,19,21)(H2,20,22)/b10-4-,14-12-. The van der Waals surface area contributed by atoms with Crippen LogP contribution in [0.5, 0.6) is 0 Å². The molecule has 1 rings (SSSR count). The molecule has 0 aliphatic heterocycles. The SMILES string of the molecule is C=C/C(Cl)=C(C(\C)=C/C)/C(N)=N/N=C(\N)c1ccccc1Cl. The number of amidine groups is 2. The van der Waals surface area contributed by atoms with Crippen molar-refractivity contribution in [2.24, 2.45) is 21.7 Å². The minimum Gasteiger partial charge on any atom is -0.382 e. The van der Waals surface area contributed by atoms with E-state index >= 15 is 0 Å². The van der Waals surface area contributed by atoms with E-state index in [9.17, 15) is 0 Å². The fourth-order valence-electron chi connectivity index (χ4n) is 1.64. The summed E-state index contributed by atoms with van der Waals surface area (Å²) in [6.07, 6.45) is 3.36. The van der Waals surface area contributed by atoms with Crippen molar-refractivity contribution in [2.45, 2.75) is 13.8 Å². The molecule has 0 aliphatic carbocycles. The molecule has 0 unspecified atom stereocenters. The number of halogens is 2. The minimum absolute atomic E-state index is 0.149. The van der Waals surface area contributed by atoms with Crippen molar-refractivity contribution in [3.8, 4) is 0 Å². The zero-order valence-electron chi connectivity index (χ0n) is 12.5. The van der Waals surface area contributed by atoms with Gasteiger partial charge in [0.2, 0.25) is 0 Å². The van der Waals surface area contributed by atoms with Crippen LogP contribution in [0.25, 0.3) is 0 Å². The molecule has 0 atom stereocenters. The Morgan fingerprint density at radius 2 is 1.86 bits per heavy atom. The van der Waals surface area contributed by atoms with E-state index in [-0.39, 0.29) is 11.7 Å². The zero-order chi connectivity index (χ0) is 16.7. The first kappa shape index (κ1) is 18.0. The summed E-state index contributed by atoms with van der Waals surface area (Å²) in [7, 11) is 0. The Bertz CT molecular complexity index is 685. The number of allylic oxidation sites excluding steroid dienone is 3. The van der Waals surface area contributed by atoms with E-state index in [0.29, 0.717) is 21.2 Å².